The van der Waals surface area contributed by atoms with Gasteiger partial charge in [-0.25, -0.2) is 4.57 Å². The standard InChI is InChI=1S/C48H84NO11P/c1-6-8-10-11-12-13-14-15-16-17-18-19-20-21-22-23-28-32-47(53)57-39-42(40-59-61(55,56)58-37-36-49(3,4)5)60-48(54)33-29-25-24-27-31-43-44(46(52)38-45(43)51)35-34-41(50)30-26-9-7-2/h15-16,18-19,21-22,24,27,34-35,41-46,50-52H,6-14,17,20,23,25-26,28-33,36-40H2,1-5H3/p+1/b16-15-,19-18-,22-21-,27-24+,35-34+/t41-,42+,43+,44+,45-,46+/m0/s1. The number of quaternary nitrogens is 1. The number of hydrogen-bond acceptors (Lipinski definition) is 10. The summed E-state index contributed by atoms with van der Waals surface area (Å²) >= 11 is 0. The molecular formula is C48H85NO11P+. The van der Waals surface area contributed by atoms with Crippen LogP contribution in [0.15, 0.2) is 60.8 Å². The number of unbranched alkanes of at least 4 members (excludes halogenated alkanes) is 10. The number of aliphatic hydroxyl groups is 3. The molecule has 0 heterocycles. The molecule has 0 bridgehead atoms. The fraction of sp³-hybridized carbons (Fsp3) is 0.750. The third kappa shape index (κ3) is 32.0. The van der Waals surface area contributed by atoms with Crippen LogP contribution in [0.1, 0.15) is 149 Å². The Balaban J connectivity index is 2.53. The Kier molecular flexibility index (Phi) is 32.5. The molecule has 12 nitrogen and oxygen atoms in total. The van der Waals surface area contributed by atoms with Crippen molar-refractivity contribution in [3.63, 3.8) is 0 Å². The van der Waals surface area contributed by atoms with Crippen molar-refractivity contribution in [3.8, 4) is 0 Å². The molecule has 0 radical (unpaired) electrons. The number of rotatable bonds is 37. The summed E-state index contributed by atoms with van der Waals surface area (Å²) in [4.78, 5) is 35.6. The quantitative estimate of drug-likeness (QED) is 0.0154. The van der Waals surface area contributed by atoms with E-state index in [1.54, 1.807) is 6.08 Å². The van der Waals surface area contributed by atoms with Crippen molar-refractivity contribution in [2.75, 3.05) is 47.5 Å². The maximum atomic E-state index is 12.8. The summed E-state index contributed by atoms with van der Waals surface area (Å²) in [5, 5.41) is 31.4. The number of phosphoric ester groups is 1. The fourth-order valence-corrected chi connectivity index (χ4v) is 7.59. The Bertz CT molecular complexity index is 1340. The van der Waals surface area contributed by atoms with Crippen molar-refractivity contribution in [2.45, 2.75) is 173 Å². The van der Waals surface area contributed by atoms with Crippen LogP contribution < -0.4 is 0 Å². The van der Waals surface area contributed by atoms with Crippen LogP contribution in [0.5, 0.6) is 0 Å². The molecule has 0 aromatic rings. The van der Waals surface area contributed by atoms with Gasteiger partial charge in [0.25, 0.3) is 0 Å². The van der Waals surface area contributed by atoms with E-state index in [-0.39, 0.29) is 44.3 Å². The average Bonchev–Trinajstić information content (AvgIpc) is 3.47. The topological polar surface area (TPSA) is 169 Å². The predicted molar refractivity (Wildman–Crippen MR) is 244 cm³/mol. The smallest absolute Gasteiger partial charge is 0.462 e. The number of allylic oxidation sites excluding steroid dienone is 8. The van der Waals surface area contributed by atoms with Crippen LogP contribution >= 0.6 is 7.82 Å². The van der Waals surface area contributed by atoms with E-state index in [9.17, 15) is 34.4 Å². The van der Waals surface area contributed by atoms with E-state index >= 15 is 0 Å². The molecule has 7 atom stereocenters. The molecule has 0 amide bonds. The number of phosphoric acid groups is 1. The van der Waals surface area contributed by atoms with Gasteiger partial charge in [0.15, 0.2) is 6.10 Å². The fourth-order valence-electron chi connectivity index (χ4n) is 6.85. The lowest BCUT2D eigenvalue weighted by molar-refractivity contribution is -0.870. The molecule has 1 aliphatic rings. The molecule has 1 fully saturated rings. The number of aliphatic hydroxyl groups excluding tert-OH is 3. The summed E-state index contributed by atoms with van der Waals surface area (Å²) in [5.41, 5.74) is 0. The van der Waals surface area contributed by atoms with Crippen molar-refractivity contribution >= 4 is 19.8 Å². The van der Waals surface area contributed by atoms with E-state index in [2.05, 4.69) is 44.2 Å². The summed E-state index contributed by atoms with van der Waals surface area (Å²) in [6.45, 7) is 3.96. The second kappa shape index (κ2) is 35.0. The van der Waals surface area contributed by atoms with Gasteiger partial charge in [-0.1, -0.05) is 126 Å². The molecule has 13 heteroatoms. The first-order valence-electron chi connectivity index (χ1n) is 23.3. The molecule has 0 aromatic carbocycles. The number of ether oxygens (including phenoxy) is 2. The summed E-state index contributed by atoms with van der Waals surface area (Å²) in [6.07, 6.45) is 35.2. The van der Waals surface area contributed by atoms with Gasteiger partial charge in [-0.15, -0.1) is 0 Å². The van der Waals surface area contributed by atoms with Gasteiger partial charge in [0.2, 0.25) is 0 Å². The third-order valence-electron chi connectivity index (χ3n) is 10.6. The summed E-state index contributed by atoms with van der Waals surface area (Å²) in [7, 11) is 1.29. The highest BCUT2D eigenvalue weighted by molar-refractivity contribution is 7.47. The van der Waals surface area contributed by atoms with Crippen molar-refractivity contribution in [2.24, 2.45) is 11.8 Å². The highest BCUT2D eigenvalue weighted by atomic mass is 31.2. The van der Waals surface area contributed by atoms with Gasteiger partial charge in [-0.3, -0.25) is 18.6 Å². The minimum absolute atomic E-state index is 0.0223. The van der Waals surface area contributed by atoms with Gasteiger partial charge in [0.1, 0.15) is 19.8 Å². The Hall–Kier alpha value is -2.41. The molecule has 0 aromatic heterocycles. The van der Waals surface area contributed by atoms with Gasteiger partial charge in [-0.2, -0.15) is 0 Å². The number of hydrogen-bond donors (Lipinski definition) is 4. The van der Waals surface area contributed by atoms with Gasteiger partial charge in [0, 0.05) is 25.2 Å². The summed E-state index contributed by atoms with van der Waals surface area (Å²) in [6, 6.07) is 0. The highest BCUT2D eigenvalue weighted by Crippen LogP contribution is 2.43. The van der Waals surface area contributed by atoms with Crippen molar-refractivity contribution in [1.82, 2.24) is 0 Å². The van der Waals surface area contributed by atoms with Crippen LogP contribution in [0.25, 0.3) is 0 Å². The average molecular weight is 883 g/mol. The van der Waals surface area contributed by atoms with Gasteiger partial charge < -0.3 is 34.2 Å². The second-order valence-electron chi connectivity index (χ2n) is 17.4. The number of likely N-dealkylation sites (N-methyl/N-ethyl adjacent to an activating group) is 1. The molecule has 0 aliphatic heterocycles. The number of carbonyl (C=O) groups excluding carboxylic acids is 2. The molecule has 4 N–H and O–H groups in total. The minimum Gasteiger partial charge on any atom is -0.462 e. The van der Waals surface area contributed by atoms with E-state index < -0.39 is 50.8 Å². The van der Waals surface area contributed by atoms with Crippen molar-refractivity contribution in [3.05, 3.63) is 60.8 Å². The first-order valence-corrected chi connectivity index (χ1v) is 24.8. The summed E-state index contributed by atoms with van der Waals surface area (Å²) in [5.74, 6) is -1.48. The van der Waals surface area contributed by atoms with E-state index in [0.29, 0.717) is 49.6 Å². The van der Waals surface area contributed by atoms with Gasteiger partial charge in [-0.05, 0) is 70.1 Å². The van der Waals surface area contributed by atoms with E-state index in [1.165, 1.54) is 38.5 Å². The maximum absolute atomic E-state index is 12.8. The molecular weight excluding hydrogens is 797 g/mol. The van der Waals surface area contributed by atoms with E-state index in [1.807, 2.05) is 45.4 Å². The first-order chi connectivity index (χ1) is 29.2. The van der Waals surface area contributed by atoms with Crippen LogP contribution in [0.2, 0.25) is 0 Å². The Morgan fingerprint density at radius 2 is 1.30 bits per heavy atom. The molecule has 0 saturated heterocycles. The predicted octanol–water partition coefficient (Wildman–Crippen LogP) is 9.62. The van der Waals surface area contributed by atoms with Crippen LogP contribution in [0, 0.1) is 11.8 Å². The zero-order valence-corrected chi connectivity index (χ0v) is 39.4. The zero-order valence-electron chi connectivity index (χ0n) is 38.5. The highest BCUT2D eigenvalue weighted by Gasteiger charge is 2.39. The van der Waals surface area contributed by atoms with Crippen LogP contribution in [0.4, 0.5) is 0 Å². The molecule has 352 valence electrons. The molecule has 1 aliphatic carbocycles. The zero-order chi connectivity index (χ0) is 45.2. The SMILES string of the molecule is CCCCCCCC/C=C\C/C=C\C/C=C\CCCC(=O)OC[C@H](COP(=O)(O)OCC[N+](C)(C)C)OC(=O)CCC/C=C/C[C@@H]1[C@@H](/C=C/[C@@H](O)CCCCC)[C@H](O)C[C@@H]1O. The van der Waals surface area contributed by atoms with Crippen molar-refractivity contribution in [1.29, 1.82) is 0 Å². The second-order valence-corrected chi connectivity index (χ2v) is 18.9. The van der Waals surface area contributed by atoms with Crippen LogP contribution in [-0.4, -0.2) is 109 Å². The van der Waals surface area contributed by atoms with E-state index in [4.69, 9.17) is 18.5 Å². The molecule has 61 heavy (non-hydrogen) atoms. The largest absolute Gasteiger partial charge is 0.472 e. The molecule has 0 spiro atoms. The van der Waals surface area contributed by atoms with E-state index in [0.717, 1.165) is 38.5 Å². The lowest BCUT2D eigenvalue weighted by atomic mass is 9.89. The Morgan fingerprint density at radius 3 is 1.95 bits per heavy atom. The number of esters is 2. The monoisotopic (exact) mass is 883 g/mol. The van der Waals surface area contributed by atoms with Crippen LogP contribution in [0.3, 0.4) is 0 Å². The maximum Gasteiger partial charge on any atom is 0.472 e. The van der Waals surface area contributed by atoms with Crippen LogP contribution in [-0.2, 0) is 32.7 Å². The summed E-state index contributed by atoms with van der Waals surface area (Å²) < 4.78 is 34.2. The molecule has 1 rings (SSSR count). The lowest BCUT2D eigenvalue weighted by Gasteiger charge is -2.24. The minimum atomic E-state index is -4.46. The normalized spacial score (nSPS) is 20.7. The van der Waals surface area contributed by atoms with Gasteiger partial charge >= 0.3 is 19.8 Å². The Morgan fingerprint density at radius 1 is 0.721 bits per heavy atom. The Labute approximate surface area is 369 Å². The van der Waals surface area contributed by atoms with Crippen molar-refractivity contribution < 1.29 is 57.4 Å². The third-order valence-corrected chi connectivity index (χ3v) is 11.6. The molecule has 1 saturated carbocycles. The molecule has 1 unspecified atom stereocenters. The first kappa shape index (κ1) is 56.6. The van der Waals surface area contributed by atoms with Gasteiger partial charge in [0.05, 0.1) is 46.1 Å². The number of nitrogens with zero attached hydrogens (tertiary/aromatic N) is 1. The lowest BCUT2D eigenvalue weighted by Crippen LogP contribution is -2.37. The number of carbonyl (C=O) groups is 2.